The summed E-state index contributed by atoms with van der Waals surface area (Å²) in [6.45, 7) is 2.15. The van der Waals surface area contributed by atoms with Gasteiger partial charge in [0.15, 0.2) is 17.3 Å². The first kappa shape index (κ1) is 14.0. The molecule has 2 nitrogen and oxygen atoms in total. The van der Waals surface area contributed by atoms with Crippen molar-refractivity contribution in [3.8, 4) is 5.75 Å². The Morgan fingerprint density at radius 2 is 1.84 bits per heavy atom. The molecule has 0 saturated heterocycles. The Bertz CT molecular complexity index is 483. The van der Waals surface area contributed by atoms with Crippen molar-refractivity contribution < 1.29 is 19.7 Å². The van der Waals surface area contributed by atoms with E-state index in [1.807, 2.05) is 0 Å². The average Bonchev–Trinajstić information content (AvgIpc) is 2.42. The average molecular weight is 270 g/mol. The standard InChI is InChI=1S/C15H18F2O2.H2/c1-9-3-5-10(6-4-9)15(18)11-7-8-12(19-2)14(17)13(11)16;/h7-10H,3-6H2,1-2H3;1H. The fraction of sp³-hybridized carbons (Fsp3) is 0.533. The van der Waals surface area contributed by atoms with Crippen LogP contribution < -0.4 is 4.74 Å². The van der Waals surface area contributed by atoms with Crippen molar-refractivity contribution in [2.24, 2.45) is 11.8 Å². The van der Waals surface area contributed by atoms with Gasteiger partial charge in [0.05, 0.1) is 12.7 Å². The maximum atomic E-state index is 13.9. The summed E-state index contributed by atoms with van der Waals surface area (Å²) in [6.07, 6.45) is 3.45. The molecule has 1 fully saturated rings. The molecule has 0 radical (unpaired) electrons. The van der Waals surface area contributed by atoms with Gasteiger partial charge < -0.3 is 4.74 Å². The van der Waals surface area contributed by atoms with E-state index in [0.717, 1.165) is 25.7 Å². The smallest absolute Gasteiger partial charge is 0.201 e. The van der Waals surface area contributed by atoms with E-state index in [9.17, 15) is 13.6 Å². The van der Waals surface area contributed by atoms with E-state index in [-0.39, 0.29) is 24.4 Å². The van der Waals surface area contributed by atoms with E-state index in [1.54, 1.807) is 0 Å². The summed E-state index contributed by atoms with van der Waals surface area (Å²) < 4.78 is 32.1. The Labute approximate surface area is 113 Å². The van der Waals surface area contributed by atoms with Crippen molar-refractivity contribution in [2.75, 3.05) is 7.11 Å². The van der Waals surface area contributed by atoms with Crippen molar-refractivity contribution in [3.05, 3.63) is 29.3 Å². The third-order valence-electron chi connectivity index (χ3n) is 3.92. The van der Waals surface area contributed by atoms with Crippen LogP contribution in [0.4, 0.5) is 8.78 Å². The lowest BCUT2D eigenvalue weighted by Crippen LogP contribution is -2.22. The molecule has 1 saturated carbocycles. The van der Waals surface area contributed by atoms with Gasteiger partial charge in [-0.25, -0.2) is 4.39 Å². The second-order valence-corrected chi connectivity index (χ2v) is 5.26. The minimum atomic E-state index is -1.09. The third kappa shape index (κ3) is 2.77. The highest BCUT2D eigenvalue weighted by molar-refractivity contribution is 5.98. The first-order valence-corrected chi connectivity index (χ1v) is 6.60. The zero-order valence-electron chi connectivity index (χ0n) is 11.2. The van der Waals surface area contributed by atoms with Gasteiger partial charge in [-0.1, -0.05) is 19.8 Å². The number of carbonyl (C=O) groups excluding carboxylic acids is 1. The molecule has 2 rings (SSSR count). The van der Waals surface area contributed by atoms with E-state index < -0.39 is 11.6 Å². The van der Waals surface area contributed by atoms with Crippen LogP contribution in [-0.4, -0.2) is 12.9 Å². The molecule has 106 valence electrons. The van der Waals surface area contributed by atoms with Gasteiger partial charge in [0, 0.05) is 7.34 Å². The van der Waals surface area contributed by atoms with Crippen LogP contribution in [0.3, 0.4) is 0 Å². The van der Waals surface area contributed by atoms with Crippen LogP contribution in [-0.2, 0) is 0 Å². The van der Waals surface area contributed by atoms with Gasteiger partial charge in [-0.05, 0) is 30.9 Å². The predicted octanol–water partition coefficient (Wildman–Crippen LogP) is 4.23. The molecular formula is C15H20F2O2. The topological polar surface area (TPSA) is 26.3 Å². The Morgan fingerprint density at radius 1 is 1.21 bits per heavy atom. The quantitative estimate of drug-likeness (QED) is 0.768. The van der Waals surface area contributed by atoms with Crippen LogP contribution in [0.5, 0.6) is 5.75 Å². The van der Waals surface area contributed by atoms with Gasteiger partial charge in [0.1, 0.15) is 0 Å². The number of hydrogen-bond donors (Lipinski definition) is 0. The Kier molecular flexibility index (Phi) is 4.17. The molecule has 1 aliphatic rings. The summed E-state index contributed by atoms with van der Waals surface area (Å²) in [5.74, 6) is -2.21. The van der Waals surface area contributed by atoms with E-state index in [4.69, 9.17) is 4.74 Å². The second kappa shape index (κ2) is 5.68. The molecular weight excluding hydrogens is 250 g/mol. The van der Waals surface area contributed by atoms with Crippen LogP contribution in [0.1, 0.15) is 44.4 Å². The van der Waals surface area contributed by atoms with Crippen LogP contribution in [0.15, 0.2) is 12.1 Å². The van der Waals surface area contributed by atoms with Gasteiger partial charge in [-0.2, -0.15) is 4.39 Å². The normalized spacial score (nSPS) is 23.2. The number of carbonyl (C=O) groups is 1. The Morgan fingerprint density at radius 3 is 2.42 bits per heavy atom. The monoisotopic (exact) mass is 270 g/mol. The van der Waals surface area contributed by atoms with Crippen molar-refractivity contribution in [1.29, 1.82) is 0 Å². The molecule has 1 aromatic rings. The van der Waals surface area contributed by atoms with Gasteiger partial charge in [0.2, 0.25) is 5.82 Å². The van der Waals surface area contributed by atoms with Crippen molar-refractivity contribution in [1.82, 2.24) is 0 Å². The SMILES string of the molecule is COc1ccc(C(=O)C2CCC(C)CC2)c(F)c1F.[HH]. The summed E-state index contributed by atoms with van der Waals surface area (Å²) in [4.78, 5) is 12.2. The molecule has 0 aliphatic heterocycles. The zero-order valence-corrected chi connectivity index (χ0v) is 11.2. The molecule has 0 atom stereocenters. The molecule has 0 N–H and O–H groups in total. The number of methoxy groups -OCH3 is 1. The number of rotatable bonds is 3. The molecule has 0 aromatic heterocycles. The number of ketones is 1. The summed E-state index contributed by atoms with van der Waals surface area (Å²) in [5, 5.41) is 0. The zero-order chi connectivity index (χ0) is 14.0. The van der Waals surface area contributed by atoms with Gasteiger partial charge >= 0.3 is 0 Å². The van der Waals surface area contributed by atoms with Crippen molar-refractivity contribution in [2.45, 2.75) is 32.6 Å². The molecule has 0 amide bonds. The lowest BCUT2D eigenvalue weighted by atomic mass is 9.79. The molecule has 19 heavy (non-hydrogen) atoms. The van der Waals surface area contributed by atoms with E-state index in [1.165, 1.54) is 19.2 Å². The molecule has 0 bridgehead atoms. The predicted molar refractivity (Wildman–Crippen MR) is 70.5 cm³/mol. The third-order valence-corrected chi connectivity index (χ3v) is 3.92. The molecule has 4 heteroatoms. The first-order chi connectivity index (χ1) is 9.04. The molecule has 1 aromatic carbocycles. The van der Waals surface area contributed by atoms with E-state index >= 15 is 0 Å². The highest BCUT2D eigenvalue weighted by Gasteiger charge is 2.28. The summed E-state index contributed by atoms with van der Waals surface area (Å²) in [6, 6.07) is 2.62. The first-order valence-electron chi connectivity index (χ1n) is 6.60. The van der Waals surface area contributed by atoms with Crippen molar-refractivity contribution >= 4 is 5.78 Å². The maximum Gasteiger partial charge on any atom is 0.201 e. The molecule has 0 spiro atoms. The number of Topliss-reactive ketones (excluding diaryl/α,β-unsaturated/α-hetero) is 1. The number of benzene rings is 1. The minimum absolute atomic E-state index is 0. The Balaban J connectivity index is 0.00000200. The van der Waals surface area contributed by atoms with Gasteiger partial charge in [0.25, 0.3) is 0 Å². The van der Waals surface area contributed by atoms with Crippen molar-refractivity contribution in [3.63, 3.8) is 0 Å². The maximum absolute atomic E-state index is 13.9. The highest BCUT2D eigenvalue weighted by Crippen LogP contribution is 2.32. The molecule has 0 unspecified atom stereocenters. The summed E-state index contributed by atoms with van der Waals surface area (Å²) in [7, 11) is 1.27. The highest BCUT2D eigenvalue weighted by atomic mass is 19.2. The van der Waals surface area contributed by atoms with Crippen LogP contribution in [0, 0.1) is 23.5 Å². The largest absolute Gasteiger partial charge is 0.494 e. The number of hydrogen-bond acceptors (Lipinski definition) is 2. The fourth-order valence-electron chi connectivity index (χ4n) is 2.62. The number of ether oxygens (including phenoxy) is 1. The van der Waals surface area contributed by atoms with Crippen LogP contribution in [0.2, 0.25) is 0 Å². The molecule has 0 heterocycles. The molecule has 1 aliphatic carbocycles. The van der Waals surface area contributed by atoms with E-state index in [0.29, 0.717) is 5.92 Å². The van der Waals surface area contributed by atoms with Gasteiger partial charge in [-0.3, -0.25) is 4.79 Å². The lowest BCUT2D eigenvalue weighted by molar-refractivity contribution is 0.0870. The van der Waals surface area contributed by atoms with Crippen LogP contribution >= 0.6 is 0 Å². The lowest BCUT2D eigenvalue weighted by Gasteiger charge is -2.25. The summed E-state index contributed by atoms with van der Waals surface area (Å²) in [5.41, 5.74) is -0.155. The van der Waals surface area contributed by atoms with E-state index in [2.05, 4.69) is 6.92 Å². The van der Waals surface area contributed by atoms with Gasteiger partial charge in [-0.15, -0.1) is 0 Å². The minimum Gasteiger partial charge on any atom is -0.494 e. The fourth-order valence-corrected chi connectivity index (χ4v) is 2.62. The van der Waals surface area contributed by atoms with Crippen LogP contribution in [0.25, 0.3) is 0 Å². The number of halogens is 2. The summed E-state index contributed by atoms with van der Waals surface area (Å²) >= 11 is 0. The second-order valence-electron chi connectivity index (χ2n) is 5.26. The Hall–Kier alpha value is -1.45.